The third-order valence-corrected chi connectivity index (χ3v) is 3.18. The van der Waals surface area contributed by atoms with Crippen molar-refractivity contribution >= 4 is 0 Å². The molecule has 1 N–H and O–H groups in total. The van der Waals surface area contributed by atoms with Crippen molar-refractivity contribution in [3.63, 3.8) is 0 Å². The summed E-state index contributed by atoms with van der Waals surface area (Å²) in [6.45, 7) is 2.56. The van der Waals surface area contributed by atoms with Crippen molar-refractivity contribution in [2.24, 2.45) is 0 Å². The molecule has 0 aromatic heterocycles. The van der Waals surface area contributed by atoms with E-state index in [1.807, 2.05) is 0 Å². The van der Waals surface area contributed by atoms with Gasteiger partial charge >= 0.3 is 0 Å². The number of hydrogen-bond acceptors (Lipinski definition) is 1. The van der Waals surface area contributed by atoms with Gasteiger partial charge in [-0.1, -0.05) is 70.4 Å². The maximum atomic E-state index is 8.64. The first-order valence-electron chi connectivity index (χ1n) is 7.67. The van der Waals surface area contributed by atoms with Crippen LogP contribution in [0.25, 0.3) is 0 Å². The van der Waals surface area contributed by atoms with Crippen molar-refractivity contribution in [3.8, 4) is 0 Å². The van der Waals surface area contributed by atoms with Crippen LogP contribution in [0.3, 0.4) is 0 Å². The van der Waals surface area contributed by atoms with Crippen LogP contribution in [0, 0.1) is 0 Å². The number of aliphatic hydroxyl groups excluding tert-OH is 1. The second kappa shape index (κ2) is 15.7. The zero-order valence-electron chi connectivity index (χ0n) is 11.8. The lowest BCUT2D eigenvalue weighted by Crippen LogP contribution is -1.84. The van der Waals surface area contributed by atoms with E-state index in [4.69, 9.17) is 5.11 Å². The van der Waals surface area contributed by atoms with Gasteiger partial charge in [0.1, 0.15) is 0 Å². The topological polar surface area (TPSA) is 20.2 Å². The van der Waals surface area contributed by atoms with E-state index in [1.54, 1.807) is 0 Å². The summed E-state index contributed by atoms with van der Waals surface area (Å²) < 4.78 is 0. The van der Waals surface area contributed by atoms with Crippen molar-refractivity contribution < 1.29 is 5.11 Å². The van der Waals surface area contributed by atoms with Gasteiger partial charge in [0.05, 0.1) is 0 Å². The molecule has 0 bridgehead atoms. The molecule has 0 aromatic carbocycles. The quantitative estimate of drug-likeness (QED) is 0.345. The minimum absolute atomic E-state index is 0.368. The third kappa shape index (κ3) is 15.7. The van der Waals surface area contributed by atoms with Gasteiger partial charge in [-0.05, 0) is 25.7 Å². The highest BCUT2D eigenvalue weighted by molar-refractivity contribution is 4.79. The van der Waals surface area contributed by atoms with Crippen molar-refractivity contribution in [2.75, 3.05) is 6.61 Å². The molecule has 0 aliphatic heterocycles. The molecule has 1 nitrogen and oxygen atoms in total. The maximum Gasteiger partial charge on any atom is 0.0431 e. The van der Waals surface area contributed by atoms with Crippen LogP contribution < -0.4 is 0 Å². The highest BCUT2D eigenvalue weighted by Crippen LogP contribution is 2.11. The van der Waals surface area contributed by atoms with Crippen LogP contribution in [0.4, 0.5) is 0 Å². The molecule has 0 atom stereocenters. The average Bonchev–Trinajstić information content (AvgIpc) is 2.35. The van der Waals surface area contributed by atoms with E-state index in [0.717, 1.165) is 6.42 Å². The lowest BCUT2D eigenvalue weighted by Gasteiger charge is -2.01. The monoisotopic (exact) mass is 240 g/mol. The minimum atomic E-state index is 0.368. The van der Waals surface area contributed by atoms with Crippen molar-refractivity contribution in [1.29, 1.82) is 0 Å². The van der Waals surface area contributed by atoms with Gasteiger partial charge in [-0.3, -0.25) is 0 Å². The molecular formula is C16H32O. The Kier molecular flexibility index (Phi) is 15.4. The van der Waals surface area contributed by atoms with E-state index < -0.39 is 0 Å². The van der Waals surface area contributed by atoms with Crippen molar-refractivity contribution in [2.45, 2.75) is 84.0 Å². The van der Waals surface area contributed by atoms with Gasteiger partial charge in [0.15, 0.2) is 0 Å². The molecule has 0 heterocycles. The predicted octanol–water partition coefficient (Wildman–Crippen LogP) is 5.24. The van der Waals surface area contributed by atoms with Gasteiger partial charge in [-0.2, -0.15) is 0 Å². The lowest BCUT2D eigenvalue weighted by molar-refractivity contribution is 0.282. The molecule has 0 saturated carbocycles. The molecule has 102 valence electrons. The van der Waals surface area contributed by atoms with E-state index in [9.17, 15) is 0 Å². The zero-order chi connectivity index (χ0) is 12.6. The number of unbranched alkanes of at least 4 members (excludes halogenated alkanes) is 10. The summed E-state index contributed by atoms with van der Waals surface area (Å²) in [6, 6.07) is 0. The van der Waals surface area contributed by atoms with Crippen LogP contribution in [-0.4, -0.2) is 11.7 Å². The molecule has 1 heteroatoms. The lowest BCUT2D eigenvalue weighted by atomic mass is 10.1. The Morgan fingerprint density at radius 1 is 0.647 bits per heavy atom. The number of aliphatic hydroxyl groups is 1. The normalized spacial score (nSPS) is 11.4. The zero-order valence-corrected chi connectivity index (χ0v) is 11.8. The van der Waals surface area contributed by atoms with Crippen molar-refractivity contribution in [3.05, 3.63) is 12.2 Å². The second-order valence-electron chi connectivity index (χ2n) is 4.93. The standard InChI is InChI=1S/C16H32O/c1-2-3-4-5-6-7-8-9-10-11-12-13-14-15-16-17/h3-4,17H,2,5-16H2,1H3. The highest BCUT2D eigenvalue weighted by atomic mass is 16.2. The molecule has 17 heavy (non-hydrogen) atoms. The molecule has 0 aliphatic carbocycles. The fraction of sp³-hybridized carbons (Fsp3) is 0.875. The average molecular weight is 240 g/mol. The van der Waals surface area contributed by atoms with Crippen molar-refractivity contribution in [1.82, 2.24) is 0 Å². The van der Waals surface area contributed by atoms with E-state index in [1.165, 1.54) is 70.6 Å². The summed E-state index contributed by atoms with van der Waals surface area (Å²) >= 11 is 0. The largest absolute Gasteiger partial charge is 0.396 e. The summed E-state index contributed by atoms with van der Waals surface area (Å²) in [6.07, 6.45) is 20.3. The van der Waals surface area contributed by atoms with E-state index in [0.29, 0.717) is 6.61 Å². The Morgan fingerprint density at radius 3 is 1.59 bits per heavy atom. The Balaban J connectivity index is 2.91. The van der Waals surface area contributed by atoms with Crippen LogP contribution >= 0.6 is 0 Å². The highest BCUT2D eigenvalue weighted by Gasteiger charge is 1.92. The Labute approximate surface area is 108 Å². The SMILES string of the molecule is CCC=CCCCCCCCCCCCCO. The molecule has 0 aromatic rings. The Morgan fingerprint density at radius 2 is 1.12 bits per heavy atom. The summed E-state index contributed by atoms with van der Waals surface area (Å²) in [7, 11) is 0. The molecule has 0 radical (unpaired) electrons. The predicted molar refractivity (Wildman–Crippen MR) is 77.3 cm³/mol. The first-order chi connectivity index (χ1) is 8.41. The summed E-state index contributed by atoms with van der Waals surface area (Å²) in [5, 5.41) is 8.64. The maximum absolute atomic E-state index is 8.64. The van der Waals surface area contributed by atoms with Gasteiger partial charge in [0, 0.05) is 6.61 Å². The summed E-state index contributed by atoms with van der Waals surface area (Å²) in [4.78, 5) is 0. The first-order valence-corrected chi connectivity index (χ1v) is 7.67. The second-order valence-corrected chi connectivity index (χ2v) is 4.93. The van der Waals surface area contributed by atoms with E-state index in [2.05, 4.69) is 19.1 Å². The fourth-order valence-electron chi connectivity index (χ4n) is 2.07. The van der Waals surface area contributed by atoms with Crippen LogP contribution in [0.2, 0.25) is 0 Å². The molecular weight excluding hydrogens is 208 g/mol. The van der Waals surface area contributed by atoms with Crippen LogP contribution in [0.5, 0.6) is 0 Å². The summed E-state index contributed by atoms with van der Waals surface area (Å²) in [5.74, 6) is 0. The number of allylic oxidation sites excluding steroid dienone is 2. The molecule has 0 aliphatic rings. The first kappa shape index (κ1) is 16.7. The van der Waals surface area contributed by atoms with Gasteiger partial charge < -0.3 is 5.11 Å². The fourth-order valence-corrected chi connectivity index (χ4v) is 2.07. The number of rotatable bonds is 13. The Hall–Kier alpha value is -0.300. The van der Waals surface area contributed by atoms with Gasteiger partial charge in [-0.25, -0.2) is 0 Å². The molecule has 0 fully saturated rings. The Bertz CT molecular complexity index is 152. The molecule has 0 amide bonds. The summed E-state index contributed by atoms with van der Waals surface area (Å²) in [5.41, 5.74) is 0. The molecule has 0 saturated heterocycles. The molecule has 0 rings (SSSR count). The van der Waals surface area contributed by atoms with Gasteiger partial charge in [0.25, 0.3) is 0 Å². The van der Waals surface area contributed by atoms with E-state index in [-0.39, 0.29) is 0 Å². The van der Waals surface area contributed by atoms with Gasteiger partial charge in [-0.15, -0.1) is 0 Å². The third-order valence-electron chi connectivity index (χ3n) is 3.18. The number of hydrogen-bond donors (Lipinski definition) is 1. The van der Waals surface area contributed by atoms with Crippen LogP contribution in [0.1, 0.15) is 84.0 Å². The van der Waals surface area contributed by atoms with Crippen LogP contribution in [0.15, 0.2) is 12.2 Å². The minimum Gasteiger partial charge on any atom is -0.396 e. The smallest absolute Gasteiger partial charge is 0.0431 e. The van der Waals surface area contributed by atoms with Crippen LogP contribution in [-0.2, 0) is 0 Å². The molecule has 0 spiro atoms. The van der Waals surface area contributed by atoms with E-state index >= 15 is 0 Å². The molecule has 0 unspecified atom stereocenters. The van der Waals surface area contributed by atoms with Gasteiger partial charge in [0.2, 0.25) is 0 Å².